The van der Waals surface area contributed by atoms with Crippen LogP contribution in [0.4, 0.5) is 8.78 Å². The van der Waals surface area contributed by atoms with E-state index in [0.29, 0.717) is 17.6 Å². The molecule has 1 nitrogen and oxygen atoms in total. The van der Waals surface area contributed by atoms with Gasteiger partial charge in [-0.25, -0.2) is 8.78 Å². The summed E-state index contributed by atoms with van der Waals surface area (Å²) in [4.78, 5) is 0. The second-order valence-corrected chi connectivity index (χ2v) is 3.66. The van der Waals surface area contributed by atoms with Crippen molar-refractivity contribution in [1.29, 1.82) is 0 Å². The molecule has 1 N–H and O–H groups in total. The quantitative estimate of drug-likeness (QED) is 0.752. The number of hydrogen-bond acceptors (Lipinski definition) is 1. The fourth-order valence-electron chi connectivity index (χ4n) is 1.60. The molecule has 0 amide bonds. The molecule has 96 valence electrons. The Morgan fingerprint density at radius 2 is 2.06 bits per heavy atom. The molecule has 0 fully saturated rings. The zero-order chi connectivity index (χ0) is 13.4. The maximum absolute atomic E-state index is 12.9. The Morgan fingerprint density at radius 3 is 2.67 bits per heavy atom. The number of aliphatic hydroxyl groups excluding tert-OH is 1. The molecule has 0 unspecified atom stereocenters. The molecule has 0 saturated carbocycles. The Balaban J connectivity index is 3.14. The first-order chi connectivity index (χ1) is 8.70. The molecule has 0 bridgehead atoms. The average Bonchev–Trinajstić information content (AvgIpc) is 2.38. The van der Waals surface area contributed by atoms with Crippen molar-refractivity contribution in [3.63, 3.8) is 0 Å². The number of aliphatic hydroxyl groups is 1. The SMILES string of the molecule is C=C/C=C(\C=C/CCO)c1ccccc1C(F)F. The molecular weight excluding hydrogens is 234 g/mol. The van der Waals surface area contributed by atoms with E-state index in [1.807, 2.05) is 0 Å². The van der Waals surface area contributed by atoms with Gasteiger partial charge in [-0.2, -0.15) is 0 Å². The molecular formula is C15H16F2O. The predicted octanol–water partition coefficient (Wildman–Crippen LogP) is 4.13. The third-order valence-corrected chi connectivity index (χ3v) is 2.40. The van der Waals surface area contributed by atoms with Crippen LogP contribution < -0.4 is 0 Å². The lowest BCUT2D eigenvalue weighted by Gasteiger charge is -2.09. The van der Waals surface area contributed by atoms with Gasteiger partial charge in [-0.05, 0) is 17.6 Å². The number of benzene rings is 1. The summed E-state index contributed by atoms with van der Waals surface area (Å²) in [6, 6.07) is 6.38. The normalized spacial score (nSPS) is 12.3. The highest BCUT2D eigenvalue weighted by atomic mass is 19.3. The number of rotatable bonds is 6. The van der Waals surface area contributed by atoms with Crippen LogP contribution in [0.1, 0.15) is 24.0 Å². The van der Waals surface area contributed by atoms with Crippen molar-refractivity contribution >= 4 is 5.57 Å². The molecule has 0 atom stereocenters. The van der Waals surface area contributed by atoms with Gasteiger partial charge in [0.1, 0.15) is 0 Å². The fourth-order valence-corrected chi connectivity index (χ4v) is 1.60. The predicted molar refractivity (Wildman–Crippen MR) is 70.4 cm³/mol. The van der Waals surface area contributed by atoms with Gasteiger partial charge in [0.05, 0.1) is 0 Å². The van der Waals surface area contributed by atoms with Gasteiger partial charge in [0.2, 0.25) is 0 Å². The molecule has 0 aromatic heterocycles. The third kappa shape index (κ3) is 3.93. The van der Waals surface area contributed by atoms with E-state index in [2.05, 4.69) is 6.58 Å². The van der Waals surface area contributed by atoms with Crippen LogP contribution in [-0.4, -0.2) is 11.7 Å². The molecule has 0 radical (unpaired) electrons. The van der Waals surface area contributed by atoms with E-state index in [-0.39, 0.29) is 12.2 Å². The van der Waals surface area contributed by atoms with Gasteiger partial charge in [0.15, 0.2) is 0 Å². The molecule has 0 spiro atoms. The maximum atomic E-state index is 12.9. The van der Waals surface area contributed by atoms with Crippen molar-refractivity contribution in [2.45, 2.75) is 12.8 Å². The molecule has 0 saturated heterocycles. The Labute approximate surface area is 106 Å². The minimum absolute atomic E-state index is 0.000696. The van der Waals surface area contributed by atoms with Crippen LogP contribution in [-0.2, 0) is 0 Å². The highest BCUT2D eigenvalue weighted by Gasteiger charge is 2.13. The van der Waals surface area contributed by atoms with Crippen molar-refractivity contribution in [2.24, 2.45) is 0 Å². The van der Waals surface area contributed by atoms with Gasteiger partial charge >= 0.3 is 0 Å². The standard InChI is InChI=1S/C15H16F2O/c1-2-7-12(8-5-6-11-18)13-9-3-4-10-14(13)15(16)17/h2-5,7-10,15,18H,1,6,11H2/b8-5-,12-7+. The van der Waals surface area contributed by atoms with Crippen molar-refractivity contribution < 1.29 is 13.9 Å². The molecule has 18 heavy (non-hydrogen) atoms. The molecule has 0 heterocycles. The Hall–Kier alpha value is -1.74. The van der Waals surface area contributed by atoms with E-state index in [4.69, 9.17) is 5.11 Å². The van der Waals surface area contributed by atoms with Crippen LogP contribution in [0.3, 0.4) is 0 Å². The van der Waals surface area contributed by atoms with Crippen molar-refractivity contribution in [1.82, 2.24) is 0 Å². The van der Waals surface area contributed by atoms with Crippen LogP contribution in [0.15, 0.2) is 55.1 Å². The summed E-state index contributed by atoms with van der Waals surface area (Å²) in [7, 11) is 0. The molecule has 3 heteroatoms. The van der Waals surface area contributed by atoms with E-state index < -0.39 is 6.43 Å². The Bertz CT molecular complexity index is 448. The van der Waals surface area contributed by atoms with Gasteiger partial charge in [0, 0.05) is 12.2 Å². The first kappa shape index (κ1) is 14.3. The van der Waals surface area contributed by atoms with E-state index in [1.165, 1.54) is 6.07 Å². The summed E-state index contributed by atoms with van der Waals surface area (Å²) >= 11 is 0. The van der Waals surface area contributed by atoms with Crippen LogP contribution >= 0.6 is 0 Å². The van der Waals surface area contributed by atoms with Gasteiger partial charge < -0.3 is 5.11 Å². The van der Waals surface area contributed by atoms with E-state index >= 15 is 0 Å². The molecule has 1 aromatic rings. The van der Waals surface area contributed by atoms with E-state index in [9.17, 15) is 8.78 Å². The van der Waals surface area contributed by atoms with Crippen LogP contribution in [0.5, 0.6) is 0 Å². The van der Waals surface area contributed by atoms with Crippen molar-refractivity contribution in [3.05, 3.63) is 66.3 Å². The summed E-state index contributed by atoms with van der Waals surface area (Å²) in [5, 5.41) is 8.71. The first-order valence-electron chi connectivity index (χ1n) is 5.68. The van der Waals surface area contributed by atoms with Crippen molar-refractivity contribution in [3.8, 4) is 0 Å². The lowest BCUT2D eigenvalue weighted by Crippen LogP contribution is -1.92. The lowest BCUT2D eigenvalue weighted by molar-refractivity contribution is 0.151. The molecule has 1 rings (SSSR count). The highest BCUT2D eigenvalue weighted by Crippen LogP contribution is 2.28. The Morgan fingerprint density at radius 1 is 1.33 bits per heavy atom. The molecule has 1 aromatic carbocycles. The van der Waals surface area contributed by atoms with Crippen LogP contribution in [0.2, 0.25) is 0 Å². The van der Waals surface area contributed by atoms with Crippen molar-refractivity contribution in [2.75, 3.05) is 6.61 Å². The second-order valence-electron chi connectivity index (χ2n) is 3.66. The summed E-state index contributed by atoms with van der Waals surface area (Å²) < 4.78 is 25.8. The topological polar surface area (TPSA) is 20.2 Å². The lowest BCUT2D eigenvalue weighted by atomic mass is 9.99. The fraction of sp³-hybridized carbons (Fsp3) is 0.200. The summed E-state index contributed by atoms with van der Waals surface area (Å²) in [6.45, 7) is 3.62. The number of halogens is 2. The van der Waals surface area contributed by atoms with Gasteiger partial charge in [0.25, 0.3) is 6.43 Å². The minimum atomic E-state index is -2.51. The Kier molecular flexibility index (Phi) is 6.01. The largest absolute Gasteiger partial charge is 0.396 e. The zero-order valence-corrected chi connectivity index (χ0v) is 10.0. The van der Waals surface area contributed by atoms with Gasteiger partial charge in [-0.3, -0.25) is 0 Å². The average molecular weight is 250 g/mol. The van der Waals surface area contributed by atoms with E-state index in [0.717, 1.165) is 0 Å². The molecule has 0 aliphatic heterocycles. The third-order valence-electron chi connectivity index (χ3n) is 2.40. The summed E-state index contributed by atoms with van der Waals surface area (Å²) in [5.74, 6) is 0. The maximum Gasteiger partial charge on any atom is 0.264 e. The second kappa shape index (κ2) is 7.56. The van der Waals surface area contributed by atoms with Crippen LogP contribution in [0, 0.1) is 0 Å². The highest BCUT2D eigenvalue weighted by molar-refractivity contribution is 5.77. The van der Waals surface area contributed by atoms with E-state index in [1.54, 1.807) is 42.5 Å². The van der Waals surface area contributed by atoms with Gasteiger partial charge in [-0.15, -0.1) is 0 Å². The van der Waals surface area contributed by atoms with Crippen LogP contribution in [0.25, 0.3) is 5.57 Å². The summed E-state index contributed by atoms with van der Waals surface area (Å²) in [5.41, 5.74) is 1.15. The molecule has 0 aliphatic carbocycles. The first-order valence-corrected chi connectivity index (χ1v) is 5.68. The smallest absolute Gasteiger partial charge is 0.264 e. The summed E-state index contributed by atoms with van der Waals surface area (Å²) in [6.07, 6.45) is 4.68. The number of allylic oxidation sites excluding steroid dienone is 4. The van der Waals surface area contributed by atoms with Gasteiger partial charge in [-0.1, -0.05) is 55.1 Å². The zero-order valence-electron chi connectivity index (χ0n) is 10.0. The number of alkyl halides is 2. The minimum Gasteiger partial charge on any atom is -0.396 e. The number of hydrogen-bond donors (Lipinski definition) is 1. The molecule has 0 aliphatic rings. The monoisotopic (exact) mass is 250 g/mol.